The van der Waals surface area contributed by atoms with E-state index >= 15 is 0 Å². The van der Waals surface area contributed by atoms with Gasteiger partial charge >= 0.3 is 6.09 Å². The molecule has 2 heterocycles. The number of hydrogen-bond donors (Lipinski definition) is 2. The van der Waals surface area contributed by atoms with Crippen LogP contribution in [0, 0.1) is 5.82 Å². The molecule has 3 aromatic carbocycles. The number of amides is 3. The van der Waals surface area contributed by atoms with Crippen LogP contribution in [0.1, 0.15) is 50.6 Å². The van der Waals surface area contributed by atoms with E-state index in [9.17, 15) is 23.6 Å². The maximum atomic E-state index is 13.4. The van der Waals surface area contributed by atoms with Crippen molar-refractivity contribution in [1.29, 1.82) is 0 Å². The summed E-state index contributed by atoms with van der Waals surface area (Å²) in [6.07, 6.45) is 2.69. The summed E-state index contributed by atoms with van der Waals surface area (Å²) in [5.41, 5.74) is 2.62. The smallest absolute Gasteiger partial charge is 0.419 e. The lowest BCUT2D eigenvalue weighted by Gasteiger charge is -2.28. The standard InChI is InChI=1S/C38H45FN6O6S2/c1-3-52-22-17-43(18-23-53-4-2)24-29-25-44(26-42-29)38(49)51-21-20-50-19-15-40-33-13-12-32-34-30(33)6-5-7-31(34)36(47)45(37(32)48)16-14-41-35(46)27-8-10-28(39)11-9-27/h5-13,25-26,40H,3-4,14-24H2,1-2H3,(H,41,46). The van der Waals surface area contributed by atoms with Crippen LogP contribution < -0.4 is 10.6 Å². The molecule has 0 spiro atoms. The second kappa shape index (κ2) is 20.1. The van der Waals surface area contributed by atoms with Gasteiger partial charge in [0.15, 0.2) is 0 Å². The Morgan fingerprint density at radius 3 is 2.32 bits per heavy atom. The third-order valence-corrected chi connectivity index (χ3v) is 10.2. The van der Waals surface area contributed by atoms with Crippen LogP contribution >= 0.6 is 23.5 Å². The van der Waals surface area contributed by atoms with Crippen molar-refractivity contribution in [3.05, 3.63) is 95.3 Å². The number of hydrogen-bond acceptors (Lipinski definition) is 11. The van der Waals surface area contributed by atoms with Crippen LogP contribution in [0.25, 0.3) is 10.8 Å². The van der Waals surface area contributed by atoms with E-state index in [0.29, 0.717) is 36.2 Å². The number of carbonyl (C=O) groups excluding carboxylic acids is 4. The minimum absolute atomic E-state index is 0.0215. The first kappa shape index (κ1) is 39.8. The van der Waals surface area contributed by atoms with Gasteiger partial charge < -0.3 is 20.1 Å². The first-order chi connectivity index (χ1) is 25.8. The highest BCUT2D eigenvalue weighted by atomic mass is 32.2. The Balaban J connectivity index is 1.05. The van der Waals surface area contributed by atoms with Gasteiger partial charge in [-0.2, -0.15) is 23.5 Å². The Kier molecular flexibility index (Phi) is 15.1. The van der Waals surface area contributed by atoms with Gasteiger partial charge in [-0.15, -0.1) is 0 Å². The van der Waals surface area contributed by atoms with E-state index in [1.807, 2.05) is 29.6 Å². The number of benzene rings is 3. The van der Waals surface area contributed by atoms with E-state index in [2.05, 4.69) is 34.4 Å². The minimum Gasteiger partial charge on any atom is -0.446 e. The zero-order valence-electron chi connectivity index (χ0n) is 30.0. The molecule has 53 heavy (non-hydrogen) atoms. The molecule has 5 rings (SSSR count). The van der Waals surface area contributed by atoms with Crippen molar-refractivity contribution in [2.75, 3.05) is 80.9 Å². The molecule has 0 saturated carbocycles. The molecule has 12 nitrogen and oxygen atoms in total. The fourth-order valence-corrected chi connectivity index (χ4v) is 7.18. The lowest BCUT2D eigenvalue weighted by molar-refractivity contribution is 0.0607. The van der Waals surface area contributed by atoms with Crippen molar-refractivity contribution in [3.63, 3.8) is 0 Å². The first-order valence-electron chi connectivity index (χ1n) is 17.7. The number of ether oxygens (including phenoxy) is 2. The molecule has 0 radical (unpaired) electrons. The van der Waals surface area contributed by atoms with Gasteiger partial charge in [0.25, 0.3) is 17.7 Å². The molecular weight excluding hydrogens is 720 g/mol. The summed E-state index contributed by atoms with van der Waals surface area (Å²) >= 11 is 3.83. The molecular formula is C38H45FN6O6S2. The third-order valence-electron chi connectivity index (χ3n) is 8.48. The van der Waals surface area contributed by atoms with Crippen molar-refractivity contribution in [1.82, 2.24) is 24.7 Å². The quantitative estimate of drug-likeness (QED) is 0.0809. The van der Waals surface area contributed by atoms with Crippen molar-refractivity contribution in [2.24, 2.45) is 0 Å². The average molecular weight is 765 g/mol. The maximum absolute atomic E-state index is 13.4. The van der Waals surface area contributed by atoms with Crippen LogP contribution in [0.2, 0.25) is 0 Å². The van der Waals surface area contributed by atoms with Crippen molar-refractivity contribution in [2.45, 2.75) is 20.4 Å². The van der Waals surface area contributed by atoms with Crippen LogP contribution in [-0.2, 0) is 16.0 Å². The number of aromatic nitrogens is 2. The molecule has 0 aliphatic carbocycles. The molecule has 3 amide bonds. The SMILES string of the molecule is CCSCCN(CCSCC)Cc1cn(C(=O)OCCOCCNc2ccc3c4c(cccc24)C(=O)N(CCNC(=O)c2ccc(F)cc2)C3=O)cn1. The van der Waals surface area contributed by atoms with Crippen molar-refractivity contribution < 1.29 is 33.0 Å². The van der Waals surface area contributed by atoms with E-state index in [1.54, 1.807) is 30.5 Å². The number of imidazole rings is 1. The number of imide groups is 1. The maximum Gasteiger partial charge on any atom is 0.419 e. The molecule has 0 atom stereocenters. The van der Waals surface area contributed by atoms with E-state index in [4.69, 9.17) is 9.47 Å². The van der Waals surface area contributed by atoms with Crippen LogP contribution in [-0.4, -0.2) is 119 Å². The molecule has 2 N–H and O–H groups in total. The first-order valence-corrected chi connectivity index (χ1v) is 20.0. The second-order valence-electron chi connectivity index (χ2n) is 12.0. The molecule has 0 saturated heterocycles. The van der Waals surface area contributed by atoms with Gasteiger partial charge in [-0.3, -0.25) is 24.2 Å². The summed E-state index contributed by atoms with van der Waals surface area (Å²) in [4.78, 5) is 59.7. The van der Waals surface area contributed by atoms with Crippen LogP contribution in [0.5, 0.6) is 0 Å². The van der Waals surface area contributed by atoms with Gasteiger partial charge in [0.2, 0.25) is 0 Å². The number of rotatable bonds is 21. The summed E-state index contributed by atoms with van der Waals surface area (Å²) in [7, 11) is 0. The highest BCUT2D eigenvalue weighted by molar-refractivity contribution is 7.99. The number of carbonyl (C=O) groups is 4. The fraction of sp³-hybridized carbons (Fsp3) is 0.395. The predicted molar refractivity (Wildman–Crippen MR) is 208 cm³/mol. The lowest BCUT2D eigenvalue weighted by Crippen LogP contribution is -2.44. The largest absolute Gasteiger partial charge is 0.446 e. The second-order valence-corrected chi connectivity index (χ2v) is 14.8. The van der Waals surface area contributed by atoms with Crippen molar-refractivity contribution >= 4 is 63.8 Å². The molecule has 4 aromatic rings. The molecule has 0 unspecified atom stereocenters. The summed E-state index contributed by atoms with van der Waals surface area (Å²) in [6, 6.07) is 13.9. The minimum atomic E-state index is -0.513. The van der Waals surface area contributed by atoms with Gasteiger partial charge in [0, 0.05) is 90.1 Å². The molecule has 1 aliphatic rings. The summed E-state index contributed by atoms with van der Waals surface area (Å²) in [5.74, 6) is 2.52. The zero-order valence-corrected chi connectivity index (χ0v) is 31.6. The Morgan fingerprint density at radius 1 is 0.887 bits per heavy atom. The zero-order chi connectivity index (χ0) is 37.6. The predicted octanol–water partition coefficient (Wildman–Crippen LogP) is 5.62. The van der Waals surface area contributed by atoms with Crippen LogP contribution in [0.3, 0.4) is 0 Å². The average Bonchev–Trinajstić information content (AvgIpc) is 3.64. The van der Waals surface area contributed by atoms with Crippen LogP contribution in [0.15, 0.2) is 67.1 Å². The van der Waals surface area contributed by atoms with Crippen LogP contribution in [0.4, 0.5) is 14.9 Å². The molecule has 0 fully saturated rings. The number of thioether (sulfide) groups is 2. The van der Waals surface area contributed by atoms with Gasteiger partial charge in [0.05, 0.1) is 18.9 Å². The molecule has 282 valence electrons. The highest BCUT2D eigenvalue weighted by Gasteiger charge is 2.33. The number of nitrogens with one attached hydrogen (secondary N) is 2. The highest BCUT2D eigenvalue weighted by Crippen LogP contribution is 2.34. The van der Waals surface area contributed by atoms with E-state index in [0.717, 1.165) is 57.8 Å². The van der Waals surface area contributed by atoms with E-state index < -0.39 is 29.6 Å². The monoisotopic (exact) mass is 764 g/mol. The Bertz CT molecular complexity index is 1840. The number of halogens is 1. The number of nitrogens with zero attached hydrogens (tertiary/aromatic N) is 4. The van der Waals surface area contributed by atoms with Gasteiger partial charge in [-0.1, -0.05) is 26.0 Å². The molecule has 1 aliphatic heterocycles. The summed E-state index contributed by atoms with van der Waals surface area (Å²) in [5, 5.41) is 7.28. The van der Waals surface area contributed by atoms with Crippen molar-refractivity contribution in [3.8, 4) is 0 Å². The molecule has 15 heteroatoms. The normalized spacial score (nSPS) is 12.5. The summed E-state index contributed by atoms with van der Waals surface area (Å²) in [6.45, 7) is 8.01. The molecule has 0 bridgehead atoms. The van der Waals surface area contributed by atoms with E-state index in [1.165, 1.54) is 35.2 Å². The Morgan fingerprint density at radius 2 is 1.60 bits per heavy atom. The topological polar surface area (TPSA) is 135 Å². The van der Waals surface area contributed by atoms with Gasteiger partial charge in [0.1, 0.15) is 18.8 Å². The number of anilines is 1. The molecule has 1 aromatic heterocycles. The third kappa shape index (κ3) is 10.8. The van der Waals surface area contributed by atoms with Gasteiger partial charge in [-0.25, -0.2) is 18.7 Å². The summed E-state index contributed by atoms with van der Waals surface area (Å²) < 4.78 is 25.6. The fourth-order valence-electron chi connectivity index (χ4n) is 5.83. The lowest BCUT2D eigenvalue weighted by atomic mass is 9.93. The Hall–Kier alpha value is -4.44. The van der Waals surface area contributed by atoms with E-state index in [-0.39, 0.29) is 31.9 Å². The van der Waals surface area contributed by atoms with Gasteiger partial charge in [-0.05, 0) is 54.0 Å². The Labute approximate surface area is 317 Å².